The van der Waals surface area contributed by atoms with Gasteiger partial charge in [-0.1, -0.05) is 17.8 Å². The summed E-state index contributed by atoms with van der Waals surface area (Å²) < 4.78 is 6.61. The number of nitrogens with zero attached hydrogens (tertiary/aromatic N) is 1. The Balaban J connectivity index is 1.71. The van der Waals surface area contributed by atoms with Crippen molar-refractivity contribution < 1.29 is 9.47 Å². The van der Waals surface area contributed by atoms with Crippen molar-refractivity contribution in [2.75, 3.05) is 12.4 Å². The van der Waals surface area contributed by atoms with Gasteiger partial charge in [-0.05, 0) is 49.6 Å². The van der Waals surface area contributed by atoms with Crippen LogP contribution in [0.1, 0.15) is 17.5 Å². The summed E-state index contributed by atoms with van der Waals surface area (Å²) in [6.07, 6.45) is 2.43. The molecule has 0 amide bonds. The van der Waals surface area contributed by atoms with Crippen molar-refractivity contribution in [2.45, 2.75) is 25.3 Å². The molecule has 0 unspecified atom stereocenters. The molecule has 1 aromatic carbocycles. The van der Waals surface area contributed by atoms with Crippen LogP contribution in [0.25, 0.3) is 0 Å². The van der Waals surface area contributed by atoms with E-state index >= 15 is 0 Å². The van der Waals surface area contributed by atoms with Crippen molar-refractivity contribution in [1.82, 2.24) is 0 Å². The van der Waals surface area contributed by atoms with Crippen molar-refractivity contribution in [3.05, 3.63) is 58.9 Å². The monoisotopic (exact) mass is 289 g/mol. The van der Waals surface area contributed by atoms with Gasteiger partial charge in [0.1, 0.15) is 5.75 Å². The first-order valence-corrected chi connectivity index (χ1v) is 7.66. The molecule has 106 valence electrons. The summed E-state index contributed by atoms with van der Waals surface area (Å²) in [7, 11) is 0. The Morgan fingerprint density at radius 2 is 2.00 bits per heavy atom. The summed E-state index contributed by atoms with van der Waals surface area (Å²) in [5, 5.41) is 12.2. The summed E-state index contributed by atoms with van der Waals surface area (Å²) in [6, 6.07) is 11.6. The molecule has 0 bridgehead atoms. The molecule has 0 N–H and O–H groups in total. The number of aromatic nitrogens is 1. The summed E-state index contributed by atoms with van der Waals surface area (Å²) >= 11 is 1.56. The van der Waals surface area contributed by atoms with Gasteiger partial charge in [0, 0.05) is 17.9 Å². The van der Waals surface area contributed by atoms with Crippen LogP contribution in [0.2, 0.25) is 0 Å². The lowest BCUT2D eigenvalue weighted by Gasteiger charge is -2.08. The van der Waals surface area contributed by atoms with Gasteiger partial charge >= 0.3 is 0 Å². The molecule has 2 aromatic rings. The van der Waals surface area contributed by atoms with Crippen LogP contribution in [0.4, 0.5) is 0 Å². The van der Waals surface area contributed by atoms with Gasteiger partial charge in [-0.15, -0.1) is 0 Å². The first kappa shape index (κ1) is 14.7. The highest BCUT2D eigenvalue weighted by molar-refractivity contribution is 7.99. The largest absolute Gasteiger partial charge is 0.618 e. The number of ether oxygens (including phenoxy) is 1. The van der Waals surface area contributed by atoms with E-state index in [0.717, 1.165) is 27.7 Å². The Kier molecular flexibility index (Phi) is 5.30. The van der Waals surface area contributed by atoms with Crippen LogP contribution in [0, 0.1) is 19.1 Å². The zero-order chi connectivity index (χ0) is 14.4. The quantitative estimate of drug-likeness (QED) is 0.353. The maximum absolute atomic E-state index is 11.4. The lowest BCUT2D eigenvalue weighted by molar-refractivity contribution is -0.645. The molecule has 1 aromatic heterocycles. The molecule has 0 fully saturated rings. The van der Waals surface area contributed by atoms with Crippen LogP contribution in [0.3, 0.4) is 0 Å². The Hall–Kier alpha value is -1.68. The Labute approximate surface area is 124 Å². The van der Waals surface area contributed by atoms with E-state index in [-0.39, 0.29) is 0 Å². The predicted octanol–water partition coefficient (Wildman–Crippen LogP) is 3.50. The summed E-state index contributed by atoms with van der Waals surface area (Å²) in [5.74, 6) is 1.79. The third-order valence-corrected chi connectivity index (χ3v) is 4.18. The first-order valence-electron chi connectivity index (χ1n) is 6.68. The molecule has 0 atom stereocenters. The van der Waals surface area contributed by atoms with Crippen LogP contribution in [-0.4, -0.2) is 12.4 Å². The average molecular weight is 289 g/mol. The molecule has 0 saturated heterocycles. The van der Waals surface area contributed by atoms with Gasteiger partial charge in [0.05, 0.1) is 6.61 Å². The average Bonchev–Trinajstić information content (AvgIpc) is 2.44. The second-order valence-electron chi connectivity index (χ2n) is 4.66. The highest BCUT2D eigenvalue weighted by atomic mass is 32.2. The third kappa shape index (κ3) is 4.17. The predicted molar refractivity (Wildman–Crippen MR) is 82.2 cm³/mol. The minimum atomic E-state index is 0.668. The van der Waals surface area contributed by atoms with E-state index in [1.54, 1.807) is 17.8 Å². The highest BCUT2D eigenvalue weighted by Crippen LogP contribution is 2.17. The lowest BCUT2D eigenvalue weighted by atomic mass is 10.1. The number of pyridine rings is 1. The van der Waals surface area contributed by atoms with Gasteiger partial charge in [0.2, 0.25) is 0 Å². The van der Waals surface area contributed by atoms with E-state index in [1.165, 1.54) is 17.3 Å². The minimum Gasteiger partial charge on any atom is -0.618 e. The molecule has 3 nitrogen and oxygen atoms in total. The number of rotatable bonds is 6. The van der Waals surface area contributed by atoms with Crippen LogP contribution in [0.15, 0.2) is 47.6 Å². The van der Waals surface area contributed by atoms with Gasteiger partial charge in [-0.25, -0.2) is 0 Å². The van der Waals surface area contributed by atoms with Gasteiger partial charge < -0.3 is 9.94 Å². The third-order valence-electron chi connectivity index (χ3n) is 3.07. The molecule has 4 heteroatoms. The van der Waals surface area contributed by atoms with Crippen molar-refractivity contribution in [2.24, 2.45) is 0 Å². The summed E-state index contributed by atoms with van der Waals surface area (Å²) in [5.41, 5.74) is 2.52. The van der Waals surface area contributed by atoms with E-state index in [4.69, 9.17) is 4.74 Å². The minimum absolute atomic E-state index is 0.668. The smallest absolute Gasteiger partial charge is 0.251 e. The zero-order valence-electron chi connectivity index (χ0n) is 11.8. The lowest BCUT2D eigenvalue weighted by Crippen LogP contribution is -2.27. The van der Waals surface area contributed by atoms with Crippen molar-refractivity contribution in [3.63, 3.8) is 0 Å². The van der Waals surface area contributed by atoms with E-state index in [2.05, 4.69) is 26.0 Å². The maximum Gasteiger partial charge on any atom is 0.251 e. The molecule has 0 radical (unpaired) electrons. The SMILES string of the molecule is Cc1ccc(OCCCSc2cccc[n+]2[O-])cc1C. The number of hydrogen-bond acceptors (Lipinski definition) is 3. The molecule has 1 heterocycles. The van der Waals surface area contributed by atoms with Crippen LogP contribution < -0.4 is 9.47 Å². The summed E-state index contributed by atoms with van der Waals surface area (Å²) in [6.45, 7) is 4.84. The number of aryl methyl sites for hydroxylation is 2. The molecule has 20 heavy (non-hydrogen) atoms. The topological polar surface area (TPSA) is 36.2 Å². The number of hydrogen-bond donors (Lipinski definition) is 0. The normalized spacial score (nSPS) is 10.5. The molecular formula is C16H19NO2S. The number of thioether (sulfide) groups is 1. The molecule has 2 rings (SSSR count). The van der Waals surface area contributed by atoms with Gasteiger partial charge in [-0.3, -0.25) is 0 Å². The zero-order valence-corrected chi connectivity index (χ0v) is 12.7. The van der Waals surface area contributed by atoms with Crippen molar-refractivity contribution in [3.8, 4) is 5.75 Å². The molecule has 0 saturated carbocycles. The van der Waals surface area contributed by atoms with E-state index in [9.17, 15) is 5.21 Å². The van der Waals surface area contributed by atoms with Gasteiger partial charge in [0.25, 0.3) is 5.03 Å². The molecule has 0 aliphatic carbocycles. The first-order chi connectivity index (χ1) is 9.66. The Bertz CT molecular complexity index is 572. The fourth-order valence-electron chi connectivity index (χ4n) is 1.75. The highest BCUT2D eigenvalue weighted by Gasteiger charge is 2.03. The van der Waals surface area contributed by atoms with Crippen LogP contribution in [-0.2, 0) is 0 Å². The fourth-order valence-corrected chi connectivity index (χ4v) is 2.59. The van der Waals surface area contributed by atoms with E-state index in [0.29, 0.717) is 6.61 Å². The number of benzene rings is 1. The van der Waals surface area contributed by atoms with Crippen molar-refractivity contribution in [1.29, 1.82) is 0 Å². The van der Waals surface area contributed by atoms with E-state index in [1.807, 2.05) is 18.2 Å². The summed E-state index contributed by atoms with van der Waals surface area (Å²) in [4.78, 5) is 0. The Morgan fingerprint density at radius 3 is 2.75 bits per heavy atom. The van der Waals surface area contributed by atoms with Crippen molar-refractivity contribution >= 4 is 11.8 Å². The molecule has 0 aliphatic heterocycles. The van der Waals surface area contributed by atoms with Crippen LogP contribution >= 0.6 is 11.8 Å². The fraction of sp³-hybridized carbons (Fsp3) is 0.312. The Morgan fingerprint density at radius 1 is 1.15 bits per heavy atom. The second-order valence-corrected chi connectivity index (χ2v) is 5.78. The van der Waals surface area contributed by atoms with E-state index < -0.39 is 0 Å². The van der Waals surface area contributed by atoms with Gasteiger partial charge in [0.15, 0.2) is 6.20 Å². The van der Waals surface area contributed by atoms with Gasteiger partial charge in [-0.2, -0.15) is 4.73 Å². The molecule has 0 aliphatic rings. The maximum atomic E-state index is 11.4. The van der Waals surface area contributed by atoms with Crippen LogP contribution in [0.5, 0.6) is 5.75 Å². The molecule has 0 spiro atoms. The standard InChI is InChI=1S/C16H19NO2S/c1-13-7-8-15(12-14(13)2)19-10-5-11-20-16-6-3-4-9-17(16)18/h3-4,6-9,12H,5,10-11H2,1-2H3. The second kappa shape index (κ2) is 7.20. The molecular weight excluding hydrogens is 270 g/mol.